The van der Waals surface area contributed by atoms with Crippen LogP contribution < -0.4 is 10.6 Å². The summed E-state index contributed by atoms with van der Waals surface area (Å²) in [5.41, 5.74) is 5.55. The molecule has 0 bridgehead atoms. The van der Waals surface area contributed by atoms with Crippen LogP contribution in [0.15, 0.2) is 42.5 Å². The van der Waals surface area contributed by atoms with Crippen LogP contribution in [0.3, 0.4) is 0 Å². The van der Waals surface area contributed by atoms with Crippen molar-refractivity contribution in [1.82, 2.24) is 0 Å². The van der Waals surface area contributed by atoms with Crippen LogP contribution in [-0.4, -0.2) is 17.9 Å². The number of rotatable bonds is 3. The fraction of sp³-hybridized carbons (Fsp3) is 0.0714. The molecule has 0 heterocycles. The predicted molar refractivity (Wildman–Crippen MR) is 76.6 cm³/mol. The van der Waals surface area contributed by atoms with Crippen molar-refractivity contribution in [2.24, 2.45) is 0 Å². The quantitative estimate of drug-likeness (QED) is 0.534. The molecular weight excluding hydrogens is 277 g/mol. The maximum absolute atomic E-state index is 12.9. The topological polar surface area (TPSA) is 89.5 Å². The molecule has 0 aliphatic carbocycles. The summed E-state index contributed by atoms with van der Waals surface area (Å²) in [5.74, 6) is -1.07. The molecule has 0 spiro atoms. The first kappa shape index (κ1) is 14.4. The van der Waals surface area contributed by atoms with Crippen molar-refractivity contribution in [3.8, 4) is 0 Å². The van der Waals surface area contributed by atoms with Crippen molar-refractivity contribution in [2.75, 3.05) is 17.7 Å². The van der Waals surface area contributed by atoms with Gasteiger partial charge in [-0.05, 0) is 30.3 Å². The Morgan fingerprint density at radius 3 is 2.43 bits per heavy atom. The van der Waals surface area contributed by atoms with E-state index >= 15 is 0 Å². The maximum Gasteiger partial charge on any atom is 0.284 e. The molecule has 2 rings (SSSR count). The highest BCUT2D eigenvalue weighted by Crippen LogP contribution is 2.27. The first-order valence-corrected chi connectivity index (χ1v) is 5.98. The lowest BCUT2D eigenvalue weighted by atomic mass is 10.1. The first-order valence-electron chi connectivity index (χ1n) is 5.98. The summed E-state index contributed by atoms with van der Waals surface area (Å²) in [6.07, 6.45) is 0. The number of hydrogen-bond acceptors (Lipinski definition) is 4. The fourth-order valence-electron chi connectivity index (χ4n) is 1.89. The smallest absolute Gasteiger partial charge is 0.284 e. The summed E-state index contributed by atoms with van der Waals surface area (Å²) in [5, 5.41) is 11.0. The lowest BCUT2D eigenvalue weighted by molar-refractivity contribution is -0.385. The summed E-state index contributed by atoms with van der Waals surface area (Å²) >= 11 is 0. The Kier molecular flexibility index (Phi) is 3.84. The Balaban J connectivity index is 2.45. The van der Waals surface area contributed by atoms with Gasteiger partial charge in [-0.15, -0.1) is 0 Å². The number of nitro benzene ring substituents is 1. The molecule has 0 fully saturated rings. The molecule has 2 aromatic rings. The molecule has 21 heavy (non-hydrogen) atoms. The van der Waals surface area contributed by atoms with Gasteiger partial charge in [-0.3, -0.25) is 14.9 Å². The number of nitrogens with zero attached hydrogens (tertiary/aromatic N) is 2. The van der Waals surface area contributed by atoms with E-state index in [9.17, 15) is 19.3 Å². The summed E-state index contributed by atoms with van der Waals surface area (Å²) in [4.78, 5) is 23.9. The van der Waals surface area contributed by atoms with Gasteiger partial charge in [0, 0.05) is 18.8 Å². The largest absolute Gasteiger partial charge is 0.398 e. The van der Waals surface area contributed by atoms with E-state index in [1.807, 2.05) is 0 Å². The monoisotopic (exact) mass is 289 g/mol. The molecule has 108 valence electrons. The lowest BCUT2D eigenvalue weighted by Crippen LogP contribution is -2.27. The van der Waals surface area contributed by atoms with E-state index < -0.39 is 16.6 Å². The number of anilines is 2. The number of nitro groups is 1. The summed E-state index contributed by atoms with van der Waals surface area (Å²) in [6, 6.07) is 9.23. The molecule has 0 aliphatic heterocycles. The van der Waals surface area contributed by atoms with Crippen molar-refractivity contribution < 1.29 is 14.1 Å². The molecule has 0 aliphatic rings. The van der Waals surface area contributed by atoms with Gasteiger partial charge in [-0.2, -0.15) is 0 Å². The van der Waals surface area contributed by atoms with Crippen LogP contribution in [0, 0.1) is 15.9 Å². The summed E-state index contributed by atoms with van der Waals surface area (Å²) < 4.78 is 12.9. The average Bonchev–Trinajstić information content (AvgIpc) is 2.46. The average molecular weight is 289 g/mol. The normalized spacial score (nSPS) is 10.2. The number of amides is 1. The molecule has 2 N–H and O–H groups in total. The van der Waals surface area contributed by atoms with E-state index in [2.05, 4.69) is 0 Å². The van der Waals surface area contributed by atoms with E-state index in [1.54, 1.807) is 0 Å². The van der Waals surface area contributed by atoms with Crippen LogP contribution in [0.1, 0.15) is 10.4 Å². The second kappa shape index (κ2) is 5.58. The van der Waals surface area contributed by atoms with Crippen LogP contribution in [0.25, 0.3) is 0 Å². The van der Waals surface area contributed by atoms with Crippen LogP contribution in [-0.2, 0) is 0 Å². The molecule has 6 nitrogen and oxygen atoms in total. The third kappa shape index (κ3) is 2.81. The van der Waals surface area contributed by atoms with Crippen molar-refractivity contribution in [2.45, 2.75) is 0 Å². The van der Waals surface area contributed by atoms with Crippen LogP contribution in [0.4, 0.5) is 21.5 Å². The van der Waals surface area contributed by atoms with E-state index in [1.165, 1.54) is 54.4 Å². The molecule has 0 saturated carbocycles. The zero-order valence-corrected chi connectivity index (χ0v) is 11.1. The van der Waals surface area contributed by atoms with Crippen molar-refractivity contribution in [3.63, 3.8) is 0 Å². The second-order valence-electron chi connectivity index (χ2n) is 4.34. The molecule has 0 saturated heterocycles. The zero-order chi connectivity index (χ0) is 15.6. The maximum atomic E-state index is 12.9. The number of carbonyl (C=O) groups excluding carboxylic acids is 1. The third-order valence-electron chi connectivity index (χ3n) is 3.00. The van der Waals surface area contributed by atoms with Gasteiger partial charge in [0.1, 0.15) is 11.4 Å². The van der Waals surface area contributed by atoms with E-state index in [4.69, 9.17) is 5.73 Å². The van der Waals surface area contributed by atoms with Gasteiger partial charge in [0.05, 0.1) is 10.6 Å². The highest BCUT2D eigenvalue weighted by atomic mass is 19.1. The molecule has 2 aromatic carbocycles. The lowest BCUT2D eigenvalue weighted by Gasteiger charge is -2.18. The third-order valence-corrected chi connectivity index (χ3v) is 3.00. The van der Waals surface area contributed by atoms with Gasteiger partial charge in [0.2, 0.25) is 0 Å². The minimum absolute atomic E-state index is 0.0168. The van der Waals surface area contributed by atoms with Crippen LogP contribution in [0.5, 0.6) is 0 Å². The Bertz CT molecular complexity index is 701. The summed E-state index contributed by atoms with van der Waals surface area (Å²) in [7, 11) is 1.44. The van der Waals surface area contributed by atoms with Gasteiger partial charge >= 0.3 is 0 Å². The molecule has 0 atom stereocenters. The summed E-state index contributed by atoms with van der Waals surface area (Å²) in [6.45, 7) is 0. The SMILES string of the molecule is CN(C(=O)c1c(N)cccc1[N+](=O)[O-])c1ccc(F)cc1. The Labute approximate surface area is 119 Å². The van der Waals surface area contributed by atoms with Gasteiger partial charge in [-0.1, -0.05) is 6.07 Å². The molecule has 0 radical (unpaired) electrons. The van der Waals surface area contributed by atoms with Gasteiger partial charge in [0.25, 0.3) is 11.6 Å². The highest BCUT2D eigenvalue weighted by molar-refractivity contribution is 6.11. The van der Waals surface area contributed by atoms with Crippen molar-refractivity contribution in [3.05, 3.63) is 64.0 Å². The van der Waals surface area contributed by atoms with Gasteiger partial charge in [-0.25, -0.2) is 4.39 Å². The molecule has 1 amide bonds. The number of hydrogen-bond donors (Lipinski definition) is 1. The van der Waals surface area contributed by atoms with Gasteiger partial charge in [0.15, 0.2) is 0 Å². The van der Waals surface area contributed by atoms with Crippen molar-refractivity contribution in [1.29, 1.82) is 0 Å². The second-order valence-corrected chi connectivity index (χ2v) is 4.34. The number of carbonyl (C=O) groups is 1. The Morgan fingerprint density at radius 1 is 1.24 bits per heavy atom. The number of benzene rings is 2. The number of nitrogen functional groups attached to an aromatic ring is 1. The predicted octanol–water partition coefficient (Wildman–Crippen LogP) is 2.59. The van der Waals surface area contributed by atoms with Gasteiger partial charge < -0.3 is 10.6 Å². The Hall–Kier alpha value is -2.96. The first-order chi connectivity index (χ1) is 9.91. The molecule has 0 unspecified atom stereocenters. The Morgan fingerprint density at radius 2 is 1.86 bits per heavy atom. The molecule has 7 heteroatoms. The standard InChI is InChI=1S/C14H12FN3O3/c1-17(10-7-5-9(15)6-8-10)14(19)13-11(16)3-2-4-12(13)18(20)21/h2-8H,16H2,1H3. The van der Waals surface area contributed by atoms with E-state index in [-0.39, 0.29) is 16.9 Å². The van der Waals surface area contributed by atoms with E-state index in [0.717, 1.165) is 0 Å². The van der Waals surface area contributed by atoms with E-state index in [0.29, 0.717) is 5.69 Å². The zero-order valence-electron chi connectivity index (χ0n) is 11.1. The number of nitrogens with two attached hydrogens (primary N) is 1. The fourth-order valence-corrected chi connectivity index (χ4v) is 1.89. The van der Waals surface area contributed by atoms with Crippen molar-refractivity contribution >= 4 is 23.0 Å². The molecule has 0 aromatic heterocycles. The number of halogens is 1. The minimum atomic E-state index is -0.665. The minimum Gasteiger partial charge on any atom is -0.398 e. The van der Waals surface area contributed by atoms with Crippen LogP contribution in [0.2, 0.25) is 0 Å². The highest BCUT2D eigenvalue weighted by Gasteiger charge is 2.26. The van der Waals surface area contributed by atoms with Crippen LogP contribution >= 0.6 is 0 Å². The molecular formula is C14H12FN3O3.